The smallest absolute Gasteiger partial charge is 0.262 e. The van der Waals surface area contributed by atoms with Gasteiger partial charge in [-0.1, -0.05) is 30.3 Å². The third kappa shape index (κ3) is 4.00. The van der Waals surface area contributed by atoms with Crippen LogP contribution >= 0.6 is 11.3 Å². The number of nitrogens with one attached hydrogen (secondary N) is 1. The molecule has 3 rings (SSSR count). The van der Waals surface area contributed by atoms with Crippen LogP contribution in [0.3, 0.4) is 0 Å². The lowest BCUT2D eigenvalue weighted by Crippen LogP contribution is -2.27. The topological polar surface area (TPSA) is 38.3 Å². The molecule has 0 atom stereocenters. The number of carbonyl (C=O) groups excluding carboxylic acids is 1. The molecule has 122 valence electrons. The van der Waals surface area contributed by atoms with Gasteiger partial charge in [-0.3, -0.25) is 4.79 Å². The van der Waals surface area contributed by atoms with E-state index in [1.807, 2.05) is 41.8 Å². The zero-order valence-corrected chi connectivity index (χ0v) is 13.7. The van der Waals surface area contributed by atoms with Crippen LogP contribution < -0.4 is 10.1 Å². The number of rotatable bonds is 6. The van der Waals surface area contributed by atoms with Gasteiger partial charge in [-0.25, -0.2) is 4.39 Å². The summed E-state index contributed by atoms with van der Waals surface area (Å²) in [7, 11) is 0. The molecular weight excluding hydrogens is 325 g/mol. The Hall–Kier alpha value is -2.66. The van der Waals surface area contributed by atoms with Gasteiger partial charge in [0.2, 0.25) is 0 Å². The minimum absolute atomic E-state index is 0.119. The van der Waals surface area contributed by atoms with Crippen LogP contribution in [0.5, 0.6) is 5.75 Å². The Morgan fingerprint density at radius 2 is 1.79 bits per heavy atom. The van der Waals surface area contributed by atoms with Gasteiger partial charge in [0.15, 0.2) is 0 Å². The molecule has 1 heterocycles. The molecule has 1 amide bonds. The number of amides is 1. The van der Waals surface area contributed by atoms with Crippen molar-refractivity contribution in [2.24, 2.45) is 0 Å². The number of thiophene rings is 1. The summed E-state index contributed by atoms with van der Waals surface area (Å²) in [6.07, 6.45) is 0. The fraction of sp³-hybridized carbons (Fsp3) is 0.105. The van der Waals surface area contributed by atoms with Crippen LogP contribution in [0, 0.1) is 5.82 Å². The first kappa shape index (κ1) is 16.2. The predicted octanol–water partition coefficient (Wildman–Crippen LogP) is 4.36. The molecule has 0 aliphatic carbocycles. The lowest BCUT2D eigenvalue weighted by Gasteiger charge is -2.08. The second kappa shape index (κ2) is 7.75. The normalized spacial score (nSPS) is 10.4. The van der Waals surface area contributed by atoms with Crippen LogP contribution in [0.25, 0.3) is 11.1 Å². The second-order valence-corrected chi connectivity index (χ2v) is 6.00. The Labute approximate surface area is 143 Å². The quantitative estimate of drug-likeness (QED) is 0.677. The molecule has 1 aromatic heterocycles. The molecule has 0 aliphatic heterocycles. The van der Waals surface area contributed by atoms with Crippen molar-refractivity contribution in [3.05, 3.63) is 76.7 Å². The summed E-state index contributed by atoms with van der Waals surface area (Å²) in [6, 6.07) is 17.6. The zero-order valence-electron chi connectivity index (χ0n) is 12.9. The average Bonchev–Trinajstić information content (AvgIpc) is 3.11. The number of carbonyl (C=O) groups is 1. The summed E-state index contributed by atoms with van der Waals surface area (Å²) in [5.41, 5.74) is 1.95. The standard InChI is InChI=1S/C19H16FNO2S/c20-15-6-8-16(9-7-15)23-12-11-21-19(22)18-17(10-13-24-18)14-4-2-1-3-5-14/h1-10,13H,11-12H2,(H,21,22). The van der Waals surface area contributed by atoms with Crippen LogP contribution in [-0.4, -0.2) is 19.1 Å². The summed E-state index contributed by atoms with van der Waals surface area (Å²) in [5.74, 6) is 0.153. The molecule has 0 saturated carbocycles. The Morgan fingerprint density at radius 1 is 1.04 bits per heavy atom. The van der Waals surface area contributed by atoms with Crippen LogP contribution in [0.2, 0.25) is 0 Å². The Bertz CT molecular complexity index is 800. The molecule has 0 saturated heterocycles. The minimum atomic E-state index is -0.304. The Balaban J connectivity index is 1.54. The summed E-state index contributed by atoms with van der Waals surface area (Å²) in [4.78, 5) is 13.0. The fourth-order valence-electron chi connectivity index (χ4n) is 2.27. The van der Waals surface area contributed by atoms with Crippen LogP contribution in [0.1, 0.15) is 9.67 Å². The van der Waals surface area contributed by atoms with Gasteiger partial charge < -0.3 is 10.1 Å². The highest BCUT2D eigenvalue weighted by molar-refractivity contribution is 7.12. The fourth-order valence-corrected chi connectivity index (χ4v) is 3.11. The van der Waals surface area contributed by atoms with E-state index in [0.29, 0.717) is 23.8 Å². The highest BCUT2D eigenvalue weighted by Gasteiger charge is 2.13. The maximum absolute atomic E-state index is 12.8. The average molecular weight is 341 g/mol. The van der Waals surface area contributed by atoms with Crippen molar-refractivity contribution in [3.63, 3.8) is 0 Å². The van der Waals surface area contributed by atoms with Crippen LogP contribution in [0.15, 0.2) is 66.0 Å². The molecule has 0 radical (unpaired) electrons. The van der Waals surface area contributed by atoms with E-state index < -0.39 is 0 Å². The molecule has 3 aromatic rings. The minimum Gasteiger partial charge on any atom is -0.492 e. The van der Waals surface area contributed by atoms with Crippen molar-refractivity contribution >= 4 is 17.2 Å². The monoisotopic (exact) mass is 341 g/mol. The highest BCUT2D eigenvalue weighted by Crippen LogP contribution is 2.27. The van der Waals surface area contributed by atoms with Crippen molar-refractivity contribution in [1.29, 1.82) is 0 Å². The maximum Gasteiger partial charge on any atom is 0.262 e. The van der Waals surface area contributed by atoms with Gasteiger partial charge in [0.1, 0.15) is 18.2 Å². The first-order valence-corrected chi connectivity index (χ1v) is 8.41. The van der Waals surface area contributed by atoms with Crippen molar-refractivity contribution in [2.75, 3.05) is 13.2 Å². The molecule has 5 heteroatoms. The van der Waals surface area contributed by atoms with Crippen molar-refractivity contribution in [3.8, 4) is 16.9 Å². The molecule has 24 heavy (non-hydrogen) atoms. The molecule has 0 bridgehead atoms. The van der Waals surface area contributed by atoms with Crippen LogP contribution in [0.4, 0.5) is 4.39 Å². The zero-order chi connectivity index (χ0) is 16.8. The van der Waals surface area contributed by atoms with Gasteiger partial charge >= 0.3 is 0 Å². The van der Waals surface area contributed by atoms with E-state index in [0.717, 1.165) is 11.1 Å². The molecule has 0 unspecified atom stereocenters. The molecule has 0 spiro atoms. The van der Waals surface area contributed by atoms with Gasteiger partial charge in [0, 0.05) is 5.56 Å². The lowest BCUT2D eigenvalue weighted by molar-refractivity contribution is 0.0951. The Morgan fingerprint density at radius 3 is 2.54 bits per heavy atom. The molecule has 2 aromatic carbocycles. The van der Waals surface area contributed by atoms with E-state index in [-0.39, 0.29) is 11.7 Å². The summed E-state index contributed by atoms with van der Waals surface area (Å²) in [6.45, 7) is 0.700. The van der Waals surface area contributed by atoms with Crippen molar-refractivity contribution in [1.82, 2.24) is 5.32 Å². The van der Waals surface area contributed by atoms with Gasteiger partial charge in [-0.05, 0) is 41.3 Å². The van der Waals surface area contributed by atoms with E-state index in [1.165, 1.54) is 23.5 Å². The van der Waals surface area contributed by atoms with Gasteiger partial charge in [-0.2, -0.15) is 0 Å². The Kier molecular flexibility index (Phi) is 5.23. The lowest BCUT2D eigenvalue weighted by atomic mass is 10.1. The SMILES string of the molecule is O=C(NCCOc1ccc(F)cc1)c1sccc1-c1ccccc1. The largest absolute Gasteiger partial charge is 0.492 e. The molecule has 1 N–H and O–H groups in total. The van der Waals surface area contributed by atoms with E-state index in [1.54, 1.807) is 12.1 Å². The molecule has 3 nitrogen and oxygen atoms in total. The third-order valence-corrected chi connectivity index (χ3v) is 4.34. The number of halogens is 1. The second-order valence-electron chi connectivity index (χ2n) is 5.09. The van der Waals surface area contributed by atoms with Crippen molar-refractivity contribution < 1.29 is 13.9 Å². The molecule has 0 fully saturated rings. The number of benzene rings is 2. The molecular formula is C19H16FNO2S. The van der Waals surface area contributed by atoms with E-state index in [4.69, 9.17) is 4.74 Å². The number of hydrogen-bond donors (Lipinski definition) is 1. The van der Waals surface area contributed by atoms with E-state index >= 15 is 0 Å². The van der Waals surface area contributed by atoms with Crippen LogP contribution in [-0.2, 0) is 0 Å². The summed E-state index contributed by atoms with van der Waals surface area (Å²) < 4.78 is 18.3. The first-order valence-electron chi connectivity index (χ1n) is 7.53. The third-order valence-electron chi connectivity index (χ3n) is 3.43. The highest BCUT2D eigenvalue weighted by atomic mass is 32.1. The van der Waals surface area contributed by atoms with E-state index in [9.17, 15) is 9.18 Å². The van der Waals surface area contributed by atoms with Gasteiger partial charge in [-0.15, -0.1) is 11.3 Å². The van der Waals surface area contributed by atoms with Gasteiger partial charge in [0.25, 0.3) is 5.91 Å². The van der Waals surface area contributed by atoms with Crippen molar-refractivity contribution in [2.45, 2.75) is 0 Å². The van der Waals surface area contributed by atoms with E-state index in [2.05, 4.69) is 5.32 Å². The predicted molar refractivity (Wildman–Crippen MR) is 94.0 cm³/mol. The number of ether oxygens (including phenoxy) is 1. The summed E-state index contributed by atoms with van der Waals surface area (Å²) >= 11 is 1.41. The number of hydrogen-bond acceptors (Lipinski definition) is 3. The first-order chi connectivity index (χ1) is 11.7. The molecule has 0 aliphatic rings. The van der Waals surface area contributed by atoms with Gasteiger partial charge in [0.05, 0.1) is 11.4 Å². The maximum atomic E-state index is 12.8. The summed E-state index contributed by atoms with van der Waals surface area (Å²) in [5, 5.41) is 4.76.